The molecule has 0 atom stereocenters. The molecule has 0 bridgehead atoms. The van der Waals surface area contributed by atoms with Crippen molar-refractivity contribution in [3.8, 4) is 0 Å². The maximum absolute atomic E-state index is 14.4. The van der Waals surface area contributed by atoms with Crippen molar-refractivity contribution in [3.05, 3.63) is 168 Å². The zero-order valence-electron chi connectivity index (χ0n) is 26.0. The molecule has 0 amide bonds. The average molecular weight is 609 g/mol. The predicted molar refractivity (Wildman–Crippen MR) is 187 cm³/mol. The van der Waals surface area contributed by atoms with E-state index in [4.69, 9.17) is 0 Å². The predicted octanol–water partition coefficient (Wildman–Crippen LogP) is 10.7. The Hall–Kier alpha value is -5.13. The number of anilines is 6. The molecule has 0 fully saturated rings. The van der Waals surface area contributed by atoms with Gasteiger partial charge in [0.25, 0.3) is 0 Å². The third-order valence-corrected chi connectivity index (χ3v) is 9.93. The molecule has 224 valence electrons. The molecule has 0 aliphatic rings. The first-order chi connectivity index (χ1) is 21.8. The van der Waals surface area contributed by atoms with Crippen molar-refractivity contribution in [2.75, 3.05) is 9.80 Å². The van der Waals surface area contributed by atoms with E-state index in [1.54, 1.807) is 36.4 Å². The fourth-order valence-corrected chi connectivity index (χ4v) is 7.13. The number of para-hydroxylation sites is 4. The first kappa shape index (κ1) is 29.9. The van der Waals surface area contributed by atoms with Crippen LogP contribution in [0.1, 0.15) is 22.3 Å². The van der Waals surface area contributed by atoms with Crippen LogP contribution in [0.15, 0.2) is 155 Å². The van der Waals surface area contributed by atoms with Crippen molar-refractivity contribution in [2.24, 2.45) is 0 Å². The molecule has 0 saturated heterocycles. The van der Waals surface area contributed by atoms with E-state index < -0.39 is 9.84 Å². The van der Waals surface area contributed by atoms with Gasteiger partial charge in [0.15, 0.2) is 0 Å². The highest BCUT2D eigenvalue weighted by atomic mass is 32.2. The summed E-state index contributed by atoms with van der Waals surface area (Å²) < 4.78 is 28.7. The topological polar surface area (TPSA) is 40.6 Å². The van der Waals surface area contributed by atoms with Crippen LogP contribution < -0.4 is 9.80 Å². The quantitative estimate of drug-likeness (QED) is 0.172. The minimum atomic E-state index is -3.87. The molecule has 0 aliphatic carbocycles. The van der Waals surface area contributed by atoms with Crippen LogP contribution in [0, 0.1) is 27.7 Å². The largest absolute Gasteiger partial charge is 0.310 e. The zero-order valence-corrected chi connectivity index (χ0v) is 26.8. The SMILES string of the molecule is Cc1ccccc1N(c1cc(N(c2ccccc2C)c2ccccc2C)cc(S(=O)(=O)c2ccccc2)c1)c1ccccc1C. The Kier molecular flexibility index (Phi) is 8.29. The summed E-state index contributed by atoms with van der Waals surface area (Å²) in [4.78, 5) is 4.82. The summed E-state index contributed by atoms with van der Waals surface area (Å²) in [5.41, 5.74) is 9.71. The van der Waals surface area contributed by atoms with Gasteiger partial charge in [-0.05, 0) is 105 Å². The molecule has 0 aliphatic heterocycles. The van der Waals surface area contributed by atoms with Crippen molar-refractivity contribution >= 4 is 44.0 Å². The van der Waals surface area contributed by atoms with E-state index in [1.807, 2.05) is 54.6 Å². The molecule has 5 heteroatoms. The molecule has 6 rings (SSSR count). The maximum Gasteiger partial charge on any atom is 0.206 e. The minimum absolute atomic E-state index is 0.223. The lowest BCUT2D eigenvalue weighted by atomic mass is 10.1. The molecular weight excluding hydrogens is 573 g/mol. The molecule has 6 aromatic carbocycles. The Morgan fingerprint density at radius 3 is 1.02 bits per heavy atom. The zero-order chi connectivity index (χ0) is 31.6. The van der Waals surface area contributed by atoms with E-state index in [-0.39, 0.29) is 9.79 Å². The third-order valence-electron chi connectivity index (χ3n) is 8.18. The van der Waals surface area contributed by atoms with Crippen LogP contribution >= 0.6 is 0 Å². The van der Waals surface area contributed by atoms with Crippen molar-refractivity contribution in [2.45, 2.75) is 37.5 Å². The summed E-state index contributed by atoms with van der Waals surface area (Å²) in [7, 11) is -3.87. The van der Waals surface area contributed by atoms with Gasteiger partial charge < -0.3 is 9.80 Å². The number of hydrogen-bond donors (Lipinski definition) is 0. The summed E-state index contributed by atoms with van der Waals surface area (Å²) in [6.45, 7) is 8.33. The minimum Gasteiger partial charge on any atom is -0.310 e. The summed E-state index contributed by atoms with van der Waals surface area (Å²) >= 11 is 0. The Bertz CT molecular complexity index is 1880. The van der Waals surface area contributed by atoms with E-state index in [0.29, 0.717) is 0 Å². The average Bonchev–Trinajstić information content (AvgIpc) is 3.05. The van der Waals surface area contributed by atoms with Gasteiger partial charge in [0.05, 0.1) is 9.79 Å². The molecule has 6 aromatic rings. The molecular formula is C40H36N2O2S. The van der Waals surface area contributed by atoms with Crippen LogP contribution in [0.2, 0.25) is 0 Å². The van der Waals surface area contributed by atoms with Crippen LogP contribution in [0.4, 0.5) is 34.1 Å². The van der Waals surface area contributed by atoms with E-state index in [1.165, 1.54) is 0 Å². The highest BCUT2D eigenvalue weighted by molar-refractivity contribution is 7.91. The summed E-state index contributed by atoms with van der Waals surface area (Å²) in [5.74, 6) is 0. The first-order valence-corrected chi connectivity index (χ1v) is 16.5. The molecule has 0 heterocycles. The number of benzene rings is 6. The van der Waals surface area contributed by atoms with Gasteiger partial charge in [0, 0.05) is 34.1 Å². The first-order valence-electron chi connectivity index (χ1n) is 15.0. The van der Waals surface area contributed by atoms with E-state index >= 15 is 0 Å². The molecule has 0 N–H and O–H groups in total. The van der Waals surface area contributed by atoms with Crippen LogP contribution in [0.25, 0.3) is 0 Å². The second-order valence-corrected chi connectivity index (χ2v) is 13.3. The van der Waals surface area contributed by atoms with E-state index in [9.17, 15) is 8.42 Å². The fourth-order valence-electron chi connectivity index (χ4n) is 5.79. The Morgan fingerprint density at radius 2 is 0.689 bits per heavy atom. The fraction of sp³-hybridized carbons (Fsp3) is 0.100. The van der Waals surface area contributed by atoms with Gasteiger partial charge in [-0.2, -0.15) is 0 Å². The smallest absolute Gasteiger partial charge is 0.206 e. The van der Waals surface area contributed by atoms with Gasteiger partial charge in [-0.15, -0.1) is 0 Å². The molecule has 4 nitrogen and oxygen atoms in total. The van der Waals surface area contributed by atoms with E-state index in [2.05, 4.69) is 92.1 Å². The Balaban J connectivity index is 1.71. The molecule has 0 aromatic heterocycles. The van der Waals surface area contributed by atoms with Gasteiger partial charge in [-0.25, -0.2) is 8.42 Å². The summed E-state index contributed by atoms with van der Waals surface area (Å²) in [5, 5.41) is 0. The summed E-state index contributed by atoms with van der Waals surface area (Å²) in [6.07, 6.45) is 0. The molecule has 0 spiro atoms. The number of rotatable bonds is 8. The molecule has 0 unspecified atom stereocenters. The standard InChI is InChI=1S/C40H36N2O2S/c1-29-16-8-12-22-37(29)41(38-23-13-9-17-30(38)2)33-26-34(28-36(27-33)45(43,44)35-20-6-5-7-21-35)42(39-24-14-10-18-31(39)3)40-25-15-11-19-32(40)4/h5-28H,1-4H3. The van der Waals surface area contributed by atoms with Crippen LogP contribution in [-0.2, 0) is 9.84 Å². The normalized spacial score (nSPS) is 11.3. The van der Waals surface area contributed by atoms with Crippen molar-refractivity contribution in [3.63, 3.8) is 0 Å². The van der Waals surface area contributed by atoms with Crippen LogP contribution in [0.5, 0.6) is 0 Å². The number of sulfone groups is 1. The maximum atomic E-state index is 14.4. The molecule has 0 radical (unpaired) electrons. The van der Waals surface area contributed by atoms with Gasteiger partial charge in [0.2, 0.25) is 9.84 Å². The second-order valence-electron chi connectivity index (χ2n) is 11.3. The van der Waals surface area contributed by atoms with Gasteiger partial charge >= 0.3 is 0 Å². The molecule has 45 heavy (non-hydrogen) atoms. The lowest BCUT2D eigenvalue weighted by Gasteiger charge is -2.32. The summed E-state index contributed by atoms with van der Waals surface area (Å²) in [6, 6.07) is 47.2. The van der Waals surface area contributed by atoms with Gasteiger partial charge in [-0.3, -0.25) is 0 Å². The van der Waals surface area contributed by atoms with Gasteiger partial charge in [-0.1, -0.05) is 91.0 Å². The lowest BCUT2D eigenvalue weighted by Crippen LogP contribution is -2.17. The Labute approximate surface area is 266 Å². The van der Waals surface area contributed by atoms with Crippen LogP contribution in [-0.4, -0.2) is 8.42 Å². The number of nitrogens with zero attached hydrogens (tertiary/aromatic N) is 2. The van der Waals surface area contributed by atoms with E-state index in [0.717, 1.165) is 56.4 Å². The highest BCUT2D eigenvalue weighted by Crippen LogP contribution is 2.45. The second kappa shape index (κ2) is 12.5. The number of hydrogen-bond acceptors (Lipinski definition) is 4. The number of aryl methyl sites for hydroxylation is 4. The monoisotopic (exact) mass is 608 g/mol. The molecule has 0 saturated carbocycles. The highest BCUT2D eigenvalue weighted by Gasteiger charge is 2.26. The third kappa shape index (κ3) is 5.87. The Morgan fingerprint density at radius 1 is 0.378 bits per heavy atom. The van der Waals surface area contributed by atoms with Crippen molar-refractivity contribution in [1.29, 1.82) is 0 Å². The van der Waals surface area contributed by atoms with Crippen molar-refractivity contribution < 1.29 is 8.42 Å². The van der Waals surface area contributed by atoms with Gasteiger partial charge in [0.1, 0.15) is 0 Å². The van der Waals surface area contributed by atoms with Crippen LogP contribution in [0.3, 0.4) is 0 Å². The lowest BCUT2D eigenvalue weighted by molar-refractivity contribution is 0.596. The van der Waals surface area contributed by atoms with Crippen molar-refractivity contribution in [1.82, 2.24) is 0 Å².